The standard InChI is InChI=1S/C23H26N4O/c1-17-5-7-20-14-19(16-25-23(20)26-17)6-8-22(28)27-12-9-18(10-13-27)15-21-4-2-3-11-24-21/h2-4,6,8,11,14,16,18H,1,5,7,9-10,12-13,15H2,(H,25,26)/b8-6+. The largest absolute Gasteiger partial charge is 0.344 e. The average molecular weight is 374 g/mol. The molecule has 2 aromatic rings. The molecular formula is C23H26N4O. The number of anilines is 1. The third kappa shape index (κ3) is 4.47. The molecule has 5 nitrogen and oxygen atoms in total. The van der Waals surface area contributed by atoms with Crippen molar-refractivity contribution in [2.75, 3.05) is 18.4 Å². The van der Waals surface area contributed by atoms with E-state index in [1.54, 1.807) is 12.3 Å². The summed E-state index contributed by atoms with van der Waals surface area (Å²) in [5.41, 5.74) is 4.29. The van der Waals surface area contributed by atoms with Gasteiger partial charge in [0, 0.05) is 43.0 Å². The summed E-state index contributed by atoms with van der Waals surface area (Å²) in [7, 11) is 0. The third-order valence-electron chi connectivity index (χ3n) is 5.55. The average Bonchev–Trinajstić information content (AvgIpc) is 2.73. The van der Waals surface area contributed by atoms with Crippen LogP contribution in [0.3, 0.4) is 0 Å². The molecule has 2 aromatic heterocycles. The first-order chi connectivity index (χ1) is 13.7. The molecule has 4 heterocycles. The topological polar surface area (TPSA) is 58.1 Å². The number of carbonyl (C=O) groups excluding carboxylic acids is 1. The van der Waals surface area contributed by atoms with Crippen LogP contribution in [0, 0.1) is 5.92 Å². The molecule has 0 bridgehead atoms. The van der Waals surface area contributed by atoms with Crippen molar-refractivity contribution in [1.29, 1.82) is 0 Å². The van der Waals surface area contributed by atoms with Gasteiger partial charge in [0.15, 0.2) is 0 Å². The van der Waals surface area contributed by atoms with Gasteiger partial charge in [0.05, 0.1) is 0 Å². The van der Waals surface area contributed by atoms with Gasteiger partial charge in [-0.15, -0.1) is 0 Å². The van der Waals surface area contributed by atoms with Gasteiger partial charge in [-0.1, -0.05) is 12.6 Å². The Morgan fingerprint density at radius 1 is 1.25 bits per heavy atom. The predicted octanol–water partition coefficient (Wildman–Crippen LogP) is 3.84. The highest BCUT2D eigenvalue weighted by Crippen LogP contribution is 2.25. The highest BCUT2D eigenvalue weighted by Gasteiger charge is 2.22. The lowest BCUT2D eigenvalue weighted by molar-refractivity contribution is -0.127. The van der Waals surface area contributed by atoms with Gasteiger partial charge in [0.1, 0.15) is 5.82 Å². The van der Waals surface area contributed by atoms with E-state index in [-0.39, 0.29) is 5.91 Å². The molecule has 4 rings (SSSR count). The second-order valence-electron chi connectivity index (χ2n) is 7.63. The first-order valence-electron chi connectivity index (χ1n) is 9.98. The lowest BCUT2D eigenvalue weighted by Gasteiger charge is -2.31. The number of carbonyl (C=O) groups is 1. The lowest BCUT2D eigenvalue weighted by Crippen LogP contribution is -2.38. The first kappa shape index (κ1) is 18.4. The predicted molar refractivity (Wildman–Crippen MR) is 112 cm³/mol. The highest BCUT2D eigenvalue weighted by atomic mass is 16.2. The van der Waals surface area contributed by atoms with Gasteiger partial charge in [0.25, 0.3) is 0 Å². The monoisotopic (exact) mass is 374 g/mol. The second-order valence-corrected chi connectivity index (χ2v) is 7.63. The molecular weight excluding hydrogens is 348 g/mol. The van der Waals surface area contributed by atoms with Gasteiger partial charge < -0.3 is 10.2 Å². The number of nitrogens with zero attached hydrogens (tertiary/aromatic N) is 3. The van der Waals surface area contributed by atoms with E-state index in [0.717, 1.165) is 68.0 Å². The van der Waals surface area contributed by atoms with Crippen molar-refractivity contribution in [1.82, 2.24) is 14.9 Å². The molecule has 144 valence electrons. The smallest absolute Gasteiger partial charge is 0.246 e. The zero-order valence-electron chi connectivity index (χ0n) is 16.1. The Balaban J connectivity index is 1.30. The maximum atomic E-state index is 12.6. The van der Waals surface area contributed by atoms with Crippen molar-refractivity contribution in [2.45, 2.75) is 32.1 Å². The Morgan fingerprint density at radius 2 is 2.11 bits per heavy atom. The zero-order valence-corrected chi connectivity index (χ0v) is 16.1. The molecule has 0 spiro atoms. The summed E-state index contributed by atoms with van der Waals surface area (Å²) >= 11 is 0. The van der Waals surface area contributed by atoms with E-state index in [9.17, 15) is 4.79 Å². The minimum absolute atomic E-state index is 0.0838. The number of nitrogens with one attached hydrogen (secondary N) is 1. The Kier molecular flexibility index (Phi) is 5.51. The molecule has 0 atom stereocenters. The number of aromatic nitrogens is 2. The molecule has 1 saturated heterocycles. The van der Waals surface area contributed by atoms with Crippen molar-refractivity contribution in [3.05, 3.63) is 71.8 Å². The van der Waals surface area contributed by atoms with Crippen LogP contribution in [0.25, 0.3) is 6.08 Å². The fourth-order valence-electron chi connectivity index (χ4n) is 3.88. The van der Waals surface area contributed by atoms with Crippen LogP contribution < -0.4 is 5.32 Å². The maximum absolute atomic E-state index is 12.6. The Hall–Kier alpha value is -2.95. The van der Waals surface area contributed by atoms with Crippen LogP contribution in [-0.2, 0) is 17.6 Å². The van der Waals surface area contributed by atoms with E-state index in [0.29, 0.717) is 5.92 Å². The number of piperidine rings is 1. The summed E-state index contributed by atoms with van der Waals surface area (Å²) in [4.78, 5) is 23.4. The number of aryl methyl sites for hydroxylation is 1. The third-order valence-corrected chi connectivity index (χ3v) is 5.55. The van der Waals surface area contributed by atoms with Crippen molar-refractivity contribution in [2.24, 2.45) is 5.92 Å². The Bertz CT molecular complexity index is 883. The SMILES string of the molecule is C=C1CCc2cc(/C=C/C(=O)N3CCC(Cc4ccccn4)CC3)cnc2N1. The minimum Gasteiger partial charge on any atom is -0.344 e. The first-order valence-corrected chi connectivity index (χ1v) is 9.98. The van der Waals surface area contributed by atoms with Crippen LogP contribution in [-0.4, -0.2) is 33.9 Å². The van der Waals surface area contributed by atoms with Gasteiger partial charge in [-0.2, -0.15) is 0 Å². The molecule has 0 aromatic carbocycles. The summed E-state index contributed by atoms with van der Waals surface area (Å²) in [6.07, 6.45) is 12.1. The van der Waals surface area contributed by atoms with Gasteiger partial charge in [-0.3, -0.25) is 9.78 Å². The van der Waals surface area contributed by atoms with E-state index >= 15 is 0 Å². The summed E-state index contributed by atoms with van der Waals surface area (Å²) in [5.74, 6) is 1.57. The van der Waals surface area contributed by atoms with Crippen LogP contribution in [0.2, 0.25) is 0 Å². The molecule has 28 heavy (non-hydrogen) atoms. The maximum Gasteiger partial charge on any atom is 0.246 e. The molecule has 0 unspecified atom stereocenters. The molecule has 0 radical (unpaired) electrons. The van der Waals surface area contributed by atoms with Gasteiger partial charge >= 0.3 is 0 Å². The summed E-state index contributed by atoms with van der Waals surface area (Å²) in [5, 5.41) is 3.22. The molecule has 0 aliphatic carbocycles. The number of allylic oxidation sites excluding steroid dienone is 1. The second kappa shape index (κ2) is 8.38. The van der Waals surface area contributed by atoms with Gasteiger partial charge in [-0.25, -0.2) is 4.98 Å². The number of hydrogen-bond acceptors (Lipinski definition) is 4. The van der Waals surface area contributed by atoms with E-state index in [1.807, 2.05) is 29.3 Å². The van der Waals surface area contributed by atoms with Crippen LogP contribution in [0.5, 0.6) is 0 Å². The van der Waals surface area contributed by atoms with E-state index in [1.165, 1.54) is 5.56 Å². The molecule has 2 aliphatic heterocycles. The Morgan fingerprint density at radius 3 is 2.89 bits per heavy atom. The van der Waals surface area contributed by atoms with E-state index in [4.69, 9.17) is 0 Å². The fourth-order valence-corrected chi connectivity index (χ4v) is 3.88. The Labute approximate surface area is 166 Å². The van der Waals surface area contributed by atoms with E-state index < -0.39 is 0 Å². The number of pyridine rings is 2. The highest BCUT2D eigenvalue weighted by molar-refractivity contribution is 5.91. The molecule has 1 N–H and O–H groups in total. The van der Waals surface area contributed by atoms with Crippen LogP contribution in [0.15, 0.2) is 55.0 Å². The molecule has 0 saturated carbocycles. The van der Waals surface area contributed by atoms with Crippen LogP contribution in [0.4, 0.5) is 5.82 Å². The number of rotatable bonds is 4. The molecule has 1 fully saturated rings. The summed E-state index contributed by atoms with van der Waals surface area (Å²) in [6.45, 7) is 5.59. The quantitative estimate of drug-likeness (QED) is 0.826. The lowest BCUT2D eigenvalue weighted by atomic mass is 9.92. The summed E-state index contributed by atoms with van der Waals surface area (Å²) in [6, 6.07) is 8.17. The van der Waals surface area contributed by atoms with Crippen LogP contribution in [0.1, 0.15) is 36.1 Å². The molecule has 2 aliphatic rings. The van der Waals surface area contributed by atoms with Crippen molar-refractivity contribution in [3.63, 3.8) is 0 Å². The van der Waals surface area contributed by atoms with Crippen molar-refractivity contribution < 1.29 is 4.79 Å². The van der Waals surface area contributed by atoms with Crippen molar-refractivity contribution >= 4 is 17.8 Å². The fraction of sp³-hybridized carbons (Fsp3) is 0.348. The molecule has 5 heteroatoms. The number of fused-ring (bicyclic) bond motifs is 1. The van der Waals surface area contributed by atoms with Gasteiger partial charge in [0.2, 0.25) is 5.91 Å². The molecule has 1 amide bonds. The number of likely N-dealkylation sites (tertiary alicyclic amines) is 1. The van der Waals surface area contributed by atoms with Crippen LogP contribution >= 0.6 is 0 Å². The van der Waals surface area contributed by atoms with E-state index in [2.05, 4.69) is 34.0 Å². The number of amides is 1. The normalized spacial score (nSPS) is 17.4. The minimum atomic E-state index is 0.0838. The van der Waals surface area contributed by atoms with Crippen molar-refractivity contribution in [3.8, 4) is 0 Å². The number of hydrogen-bond donors (Lipinski definition) is 1. The summed E-state index contributed by atoms with van der Waals surface area (Å²) < 4.78 is 0. The van der Waals surface area contributed by atoms with Gasteiger partial charge in [-0.05, 0) is 73.4 Å². The zero-order chi connectivity index (χ0) is 19.3.